The first-order valence-electron chi connectivity index (χ1n) is 8.98. The minimum absolute atomic E-state index is 0.0199. The topological polar surface area (TPSA) is 39.3 Å². The Labute approximate surface area is 158 Å². The number of halogens is 1. The van der Waals surface area contributed by atoms with Gasteiger partial charge in [0.15, 0.2) is 0 Å². The van der Waals surface area contributed by atoms with Crippen molar-refractivity contribution >= 4 is 34.1 Å². The molecule has 0 radical (unpaired) electrons. The van der Waals surface area contributed by atoms with Gasteiger partial charge in [-0.15, -0.1) is 0 Å². The fourth-order valence-electron chi connectivity index (χ4n) is 3.66. The van der Waals surface area contributed by atoms with E-state index in [9.17, 15) is 4.79 Å². The second kappa shape index (κ2) is 7.04. The quantitative estimate of drug-likeness (QED) is 0.726. The Bertz CT molecular complexity index is 943. The van der Waals surface area contributed by atoms with Crippen molar-refractivity contribution < 1.29 is 4.79 Å². The van der Waals surface area contributed by atoms with Gasteiger partial charge in [-0.3, -0.25) is 4.79 Å². The van der Waals surface area contributed by atoms with E-state index in [1.807, 2.05) is 37.4 Å². The lowest BCUT2D eigenvalue weighted by Crippen LogP contribution is -2.28. The molecule has 0 unspecified atom stereocenters. The lowest BCUT2D eigenvalue weighted by atomic mass is 10.1. The SMILES string of the molecule is CN(Cc1ccccc1N1CCCC1)C(=O)c1cc2cc(Cl)ccc2[nH]1. The monoisotopic (exact) mass is 367 g/mol. The van der Waals surface area contributed by atoms with Crippen LogP contribution in [0.5, 0.6) is 0 Å². The summed E-state index contributed by atoms with van der Waals surface area (Å²) >= 11 is 6.04. The molecule has 3 aromatic rings. The maximum atomic E-state index is 12.9. The highest BCUT2D eigenvalue weighted by Gasteiger charge is 2.19. The van der Waals surface area contributed by atoms with Crippen molar-refractivity contribution in [3.8, 4) is 0 Å². The number of carbonyl (C=O) groups is 1. The van der Waals surface area contributed by atoms with Crippen LogP contribution in [-0.2, 0) is 6.54 Å². The lowest BCUT2D eigenvalue weighted by Gasteiger charge is -2.24. The molecule has 0 saturated carbocycles. The van der Waals surface area contributed by atoms with Gasteiger partial charge in [-0.2, -0.15) is 0 Å². The molecule has 26 heavy (non-hydrogen) atoms. The molecule has 1 saturated heterocycles. The van der Waals surface area contributed by atoms with Gasteiger partial charge in [0.2, 0.25) is 0 Å². The molecule has 2 heterocycles. The molecule has 5 heteroatoms. The van der Waals surface area contributed by atoms with Gasteiger partial charge in [0.1, 0.15) is 5.69 Å². The summed E-state index contributed by atoms with van der Waals surface area (Å²) < 4.78 is 0. The number of anilines is 1. The zero-order valence-electron chi connectivity index (χ0n) is 14.8. The summed E-state index contributed by atoms with van der Waals surface area (Å²) in [5.41, 5.74) is 3.93. The maximum absolute atomic E-state index is 12.9. The summed E-state index contributed by atoms with van der Waals surface area (Å²) in [5.74, 6) is -0.0199. The summed E-state index contributed by atoms with van der Waals surface area (Å²) in [6, 6.07) is 15.8. The van der Waals surface area contributed by atoms with E-state index in [2.05, 4.69) is 28.1 Å². The number of nitrogens with zero attached hydrogens (tertiary/aromatic N) is 2. The third kappa shape index (κ3) is 3.29. The van der Waals surface area contributed by atoms with E-state index in [-0.39, 0.29) is 5.91 Å². The Morgan fingerprint density at radius 2 is 1.92 bits per heavy atom. The Morgan fingerprint density at radius 3 is 2.73 bits per heavy atom. The molecular formula is C21H22ClN3O. The Hall–Kier alpha value is -2.46. The van der Waals surface area contributed by atoms with Crippen LogP contribution < -0.4 is 4.90 Å². The minimum atomic E-state index is -0.0199. The van der Waals surface area contributed by atoms with Gasteiger partial charge in [0.25, 0.3) is 5.91 Å². The zero-order valence-corrected chi connectivity index (χ0v) is 15.6. The number of H-pyrrole nitrogens is 1. The number of para-hydroxylation sites is 1. The van der Waals surface area contributed by atoms with Gasteiger partial charge >= 0.3 is 0 Å². The van der Waals surface area contributed by atoms with Crippen molar-refractivity contribution in [2.75, 3.05) is 25.0 Å². The van der Waals surface area contributed by atoms with Crippen LogP contribution in [0.15, 0.2) is 48.5 Å². The molecule has 4 rings (SSSR count). The van der Waals surface area contributed by atoms with E-state index >= 15 is 0 Å². The van der Waals surface area contributed by atoms with Crippen molar-refractivity contribution in [3.63, 3.8) is 0 Å². The molecule has 1 amide bonds. The third-order valence-corrected chi connectivity index (χ3v) is 5.24. The molecular weight excluding hydrogens is 346 g/mol. The number of carbonyl (C=O) groups excluding carboxylic acids is 1. The van der Waals surface area contributed by atoms with Crippen molar-refractivity contribution in [2.24, 2.45) is 0 Å². The molecule has 1 aromatic heterocycles. The van der Waals surface area contributed by atoms with Crippen LogP contribution in [0.2, 0.25) is 5.02 Å². The first-order chi connectivity index (χ1) is 12.6. The number of aromatic amines is 1. The molecule has 1 aliphatic rings. The number of rotatable bonds is 4. The summed E-state index contributed by atoms with van der Waals surface area (Å²) in [7, 11) is 1.85. The largest absolute Gasteiger partial charge is 0.371 e. The fraction of sp³-hybridized carbons (Fsp3) is 0.286. The van der Waals surface area contributed by atoms with Gasteiger partial charge in [-0.05, 0) is 48.7 Å². The number of benzene rings is 2. The van der Waals surface area contributed by atoms with Crippen LogP contribution in [0, 0.1) is 0 Å². The van der Waals surface area contributed by atoms with E-state index in [4.69, 9.17) is 11.6 Å². The summed E-state index contributed by atoms with van der Waals surface area (Å²) in [4.78, 5) is 20.3. The number of aromatic nitrogens is 1. The maximum Gasteiger partial charge on any atom is 0.270 e. The standard InChI is InChI=1S/C21H22ClN3O/c1-24(14-15-6-2-3-7-20(15)25-10-4-5-11-25)21(26)19-13-16-12-17(22)8-9-18(16)23-19/h2-3,6-9,12-13,23H,4-5,10-11,14H2,1H3. The lowest BCUT2D eigenvalue weighted by molar-refractivity contribution is 0.0780. The Kier molecular flexibility index (Phi) is 4.60. The molecule has 2 aromatic carbocycles. The number of fused-ring (bicyclic) bond motifs is 1. The first-order valence-corrected chi connectivity index (χ1v) is 9.36. The van der Waals surface area contributed by atoms with Crippen molar-refractivity contribution in [2.45, 2.75) is 19.4 Å². The smallest absolute Gasteiger partial charge is 0.270 e. The van der Waals surface area contributed by atoms with Gasteiger partial charge < -0.3 is 14.8 Å². The van der Waals surface area contributed by atoms with Crippen molar-refractivity contribution in [1.29, 1.82) is 0 Å². The van der Waals surface area contributed by atoms with E-state index in [0.717, 1.165) is 24.0 Å². The van der Waals surface area contributed by atoms with Crippen molar-refractivity contribution in [3.05, 3.63) is 64.8 Å². The van der Waals surface area contributed by atoms with Crippen LogP contribution in [0.3, 0.4) is 0 Å². The van der Waals surface area contributed by atoms with Crippen LogP contribution in [0.1, 0.15) is 28.9 Å². The van der Waals surface area contributed by atoms with Crippen molar-refractivity contribution in [1.82, 2.24) is 9.88 Å². The van der Waals surface area contributed by atoms with Crippen LogP contribution in [0.4, 0.5) is 5.69 Å². The summed E-state index contributed by atoms with van der Waals surface area (Å²) in [6.07, 6.45) is 2.47. The van der Waals surface area contributed by atoms with Crippen LogP contribution in [0.25, 0.3) is 10.9 Å². The van der Waals surface area contributed by atoms with Crippen LogP contribution in [-0.4, -0.2) is 35.9 Å². The normalized spacial score (nSPS) is 14.2. The van der Waals surface area contributed by atoms with Gasteiger partial charge in [-0.1, -0.05) is 29.8 Å². The minimum Gasteiger partial charge on any atom is -0.371 e. The average molecular weight is 368 g/mol. The van der Waals surface area contributed by atoms with E-state index < -0.39 is 0 Å². The molecule has 0 atom stereocenters. The molecule has 1 fully saturated rings. The van der Waals surface area contributed by atoms with Crippen LogP contribution >= 0.6 is 11.6 Å². The summed E-state index contributed by atoms with van der Waals surface area (Å²) in [5, 5.41) is 1.62. The number of hydrogen-bond donors (Lipinski definition) is 1. The Balaban J connectivity index is 1.55. The predicted octanol–water partition coefficient (Wildman–Crippen LogP) is 4.69. The van der Waals surface area contributed by atoms with E-state index in [1.165, 1.54) is 24.1 Å². The van der Waals surface area contributed by atoms with Gasteiger partial charge in [0.05, 0.1) is 0 Å². The Morgan fingerprint density at radius 1 is 1.15 bits per heavy atom. The van der Waals surface area contributed by atoms with E-state index in [0.29, 0.717) is 17.3 Å². The zero-order chi connectivity index (χ0) is 18.1. The average Bonchev–Trinajstić information content (AvgIpc) is 3.30. The molecule has 0 bridgehead atoms. The predicted molar refractivity (Wildman–Crippen MR) is 107 cm³/mol. The second-order valence-electron chi connectivity index (χ2n) is 6.90. The highest BCUT2D eigenvalue weighted by atomic mass is 35.5. The number of amides is 1. The first kappa shape index (κ1) is 17.0. The molecule has 4 nitrogen and oxygen atoms in total. The molecule has 0 spiro atoms. The fourth-order valence-corrected chi connectivity index (χ4v) is 3.84. The highest BCUT2D eigenvalue weighted by molar-refractivity contribution is 6.31. The summed E-state index contributed by atoms with van der Waals surface area (Å²) in [6.45, 7) is 2.77. The van der Waals surface area contributed by atoms with Gasteiger partial charge in [0, 0.05) is 48.3 Å². The molecule has 1 aliphatic heterocycles. The third-order valence-electron chi connectivity index (χ3n) is 5.01. The number of hydrogen-bond acceptors (Lipinski definition) is 2. The molecule has 134 valence electrons. The van der Waals surface area contributed by atoms with E-state index in [1.54, 1.807) is 4.90 Å². The number of nitrogens with one attached hydrogen (secondary N) is 1. The van der Waals surface area contributed by atoms with Gasteiger partial charge in [-0.25, -0.2) is 0 Å². The molecule has 0 aliphatic carbocycles. The molecule has 1 N–H and O–H groups in total. The highest BCUT2D eigenvalue weighted by Crippen LogP contribution is 2.26. The second-order valence-corrected chi connectivity index (χ2v) is 7.34.